The van der Waals surface area contributed by atoms with Crippen LogP contribution in [0.15, 0.2) is 41.1 Å². The van der Waals surface area contributed by atoms with Crippen LogP contribution < -0.4 is 10.1 Å². The molecule has 0 saturated carbocycles. The molecule has 1 aliphatic rings. The first kappa shape index (κ1) is 23.0. The number of aromatic amines is 1. The molecule has 2 N–H and O–H groups in total. The molecule has 0 atom stereocenters. The van der Waals surface area contributed by atoms with Gasteiger partial charge in [0.2, 0.25) is 0 Å². The Hall–Kier alpha value is -3.72. The van der Waals surface area contributed by atoms with E-state index in [-0.39, 0.29) is 12.3 Å². The molecule has 3 heterocycles. The van der Waals surface area contributed by atoms with Gasteiger partial charge in [0.25, 0.3) is 0 Å². The fourth-order valence-corrected chi connectivity index (χ4v) is 4.45. The van der Waals surface area contributed by atoms with Gasteiger partial charge < -0.3 is 24.2 Å². The molecule has 5 rings (SSSR count). The van der Waals surface area contributed by atoms with Crippen molar-refractivity contribution in [1.82, 2.24) is 25.3 Å². The van der Waals surface area contributed by atoms with Gasteiger partial charge in [-0.2, -0.15) is 0 Å². The number of fused-ring (bicyclic) bond motifs is 3. The van der Waals surface area contributed by atoms with E-state index in [1.807, 2.05) is 0 Å². The van der Waals surface area contributed by atoms with E-state index in [1.54, 1.807) is 25.4 Å². The number of nitrogens with zero attached hydrogens (tertiary/aromatic N) is 3. The highest BCUT2D eigenvalue weighted by molar-refractivity contribution is 5.86. The van der Waals surface area contributed by atoms with E-state index in [4.69, 9.17) is 18.9 Å². The van der Waals surface area contributed by atoms with Gasteiger partial charge in [-0.1, -0.05) is 6.07 Å². The lowest BCUT2D eigenvalue weighted by molar-refractivity contribution is 0.0458. The number of hydrogen-bond acceptors (Lipinski definition) is 8. The summed E-state index contributed by atoms with van der Waals surface area (Å²) < 4.78 is 15.9. The predicted octanol–water partition coefficient (Wildman–Crippen LogP) is 3.57. The van der Waals surface area contributed by atoms with E-state index in [0.29, 0.717) is 30.3 Å². The van der Waals surface area contributed by atoms with Crippen molar-refractivity contribution in [3.63, 3.8) is 0 Å². The van der Waals surface area contributed by atoms with Crippen LogP contribution in [-0.4, -0.2) is 46.1 Å². The van der Waals surface area contributed by atoms with Crippen LogP contribution in [0.3, 0.4) is 0 Å². The summed E-state index contributed by atoms with van der Waals surface area (Å²) in [4.78, 5) is 29.0. The normalized spacial score (nSPS) is 13.1. The number of nitrogens with one attached hydrogen (secondary N) is 2. The van der Waals surface area contributed by atoms with Gasteiger partial charge in [-0.25, -0.2) is 14.8 Å². The SMILES string of the molecule is COc1cccnc1COC(=O)c1coc(CCNCCc2nc3c4c(ccc3[nH]2)CCCC4)n1. The van der Waals surface area contributed by atoms with Crippen LogP contribution in [-0.2, 0) is 37.0 Å². The fraction of sp³-hybridized carbons (Fsp3) is 0.385. The third-order valence-electron chi connectivity index (χ3n) is 6.25. The minimum Gasteiger partial charge on any atom is -0.495 e. The van der Waals surface area contributed by atoms with Crippen molar-refractivity contribution in [3.05, 3.63) is 71.0 Å². The molecule has 0 aliphatic heterocycles. The average Bonchev–Trinajstić information content (AvgIpc) is 3.54. The Labute approximate surface area is 203 Å². The number of esters is 1. The van der Waals surface area contributed by atoms with Gasteiger partial charge in [-0.15, -0.1) is 0 Å². The molecule has 9 heteroatoms. The summed E-state index contributed by atoms with van der Waals surface area (Å²) >= 11 is 0. The van der Waals surface area contributed by atoms with Crippen LogP contribution in [0.1, 0.15) is 51.9 Å². The molecule has 0 radical (unpaired) electrons. The zero-order valence-corrected chi connectivity index (χ0v) is 19.8. The highest BCUT2D eigenvalue weighted by Crippen LogP contribution is 2.27. The van der Waals surface area contributed by atoms with E-state index >= 15 is 0 Å². The molecule has 9 nitrogen and oxygen atoms in total. The summed E-state index contributed by atoms with van der Waals surface area (Å²) in [5.74, 6) is 1.48. The smallest absolute Gasteiger partial charge is 0.360 e. The van der Waals surface area contributed by atoms with E-state index in [0.717, 1.165) is 42.7 Å². The number of carbonyl (C=O) groups excluding carboxylic acids is 1. The van der Waals surface area contributed by atoms with E-state index in [1.165, 1.54) is 30.2 Å². The molecule has 1 aliphatic carbocycles. The maximum Gasteiger partial charge on any atom is 0.360 e. The Balaban J connectivity index is 1.06. The number of aromatic nitrogens is 4. The summed E-state index contributed by atoms with van der Waals surface area (Å²) in [7, 11) is 1.54. The minimum absolute atomic E-state index is 0.00279. The van der Waals surface area contributed by atoms with Crippen molar-refractivity contribution in [2.75, 3.05) is 20.2 Å². The third-order valence-corrected chi connectivity index (χ3v) is 6.25. The van der Waals surface area contributed by atoms with E-state index in [2.05, 4.69) is 32.4 Å². The Morgan fingerprint density at radius 2 is 2.03 bits per heavy atom. The summed E-state index contributed by atoms with van der Waals surface area (Å²) in [5.41, 5.74) is 5.81. The average molecular weight is 476 g/mol. The zero-order chi connectivity index (χ0) is 24.0. The number of hydrogen-bond donors (Lipinski definition) is 2. The van der Waals surface area contributed by atoms with Gasteiger partial charge >= 0.3 is 5.97 Å². The summed E-state index contributed by atoms with van der Waals surface area (Å²) in [6, 6.07) is 7.91. The maximum absolute atomic E-state index is 12.3. The molecule has 0 bridgehead atoms. The first-order chi connectivity index (χ1) is 17.2. The van der Waals surface area contributed by atoms with Crippen molar-refractivity contribution < 1.29 is 18.7 Å². The van der Waals surface area contributed by atoms with Crippen LogP contribution in [0.4, 0.5) is 0 Å². The molecule has 0 spiro atoms. The van der Waals surface area contributed by atoms with Crippen LogP contribution >= 0.6 is 0 Å². The number of benzene rings is 1. The van der Waals surface area contributed by atoms with Gasteiger partial charge in [0.1, 0.15) is 30.1 Å². The second-order valence-electron chi connectivity index (χ2n) is 8.59. The monoisotopic (exact) mass is 475 g/mol. The number of aryl methyl sites for hydroxylation is 2. The van der Waals surface area contributed by atoms with Crippen molar-refractivity contribution in [1.29, 1.82) is 0 Å². The second-order valence-corrected chi connectivity index (χ2v) is 8.59. The standard InChI is InChI=1S/C26H29N5O4/c1-33-22-7-4-12-28-20(22)15-35-26(32)21-16-34-24(30-21)11-14-27-13-10-23-29-19-9-8-17-5-2-3-6-18(17)25(19)31-23/h4,7-9,12,16,27H,2-3,5-6,10-11,13-15H2,1H3,(H,29,31). The van der Waals surface area contributed by atoms with Crippen LogP contribution in [0.5, 0.6) is 5.75 Å². The van der Waals surface area contributed by atoms with Crippen molar-refractivity contribution in [2.45, 2.75) is 45.1 Å². The maximum atomic E-state index is 12.3. The predicted molar refractivity (Wildman–Crippen MR) is 129 cm³/mol. The molecular weight excluding hydrogens is 446 g/mol. The molecule has 0 unspecified atom stereocenters. The summed E-state index contributed by atoms with van der Waals surface area (Å²) in [6.07, 6.45) is 9.12. The Morgan fingerprint density at radius 3 is 2.94 bits per heavy atom. The number of H-pyrrole nitrogens is 1. The lowest BCUT2D eigenvalue weighted by Gasteiger charge is -2.15. The summed E-state index contributed by atoms with van der Waals surface area (Å²) in [6.45, 7) is 1.45. The molecule has 4 aromatic rings. The van der Waals surface area contributed by atoms with Crippen LogP contribution in [0.25, 0.3) is 11.0 Å². The fourth-order valence-electron chi connectivity index (χ4n) is 4.45. The van der Waals surface area contributed by atoms with Gasteiger partial charge in [-0.3, -0.25) is 4.98 Å². The van der Waals surface area contributed by atoms with Gasteiger partial charge in [0, 0.05) is 32.1 Å². The van der Waals surface area contributed by atoms with Crippen molar-refractivity contribution in [2.24, 2.45) is 0 Å². The number of carbonyl (C=O) groups is 1. The lowest BCUT2D eigenvalue weighted by atomic mass is 9.91. The molecule has 3 aromatic heterocycles. The van der Waals surface area contributed by atoms with Gasteiger partial charge in [0.05, 0.1) is 18.1 Å². The first-order valence-corrected chi connectivity index (χ1v) is 12.0. The number of methoxy groups -OCH3 is 1. The van der Waals surface area contributed by atoms with Crippen molar-refractivity contribution in [3.8, 4) is 5.75 Å². The number of ether oxygens (including phenoxy) is 2. The van der Waals surface area contributed by atoms with Gasteiger partial charge in [-0.05, 0) is 55.0 Å². The zero-order valence-electron chi connectivity index (χ0n) is 19.8. The highest BCUT2D eigenvalue weighted by Gasteiger charge is 2.16. The number of rotatable bonds is 10. The quantitative estimate of drug-likeness (QED) is 0.264. The molecule has 1 aromatic carbocycles. The molecular formula is C26H29N5O4. The molecule has 0 amide bonds. The van der Waals surface area contributed by atoms with Crippen LogP contribution in [0.2, 0.25) is 0 Å². The van der Waals surface area contributed by atoms with E-state index in [9.17, 15) is 4.79 Å². The van der Waals surface area contributed by atoms with Gasteiger partial charge in [0.15, 0.2) is 11.6 Å². The van der Waals surface area contributed by atoms with Crippen LogP contribution in [0, 0.1) is 0 Å². The Morgan fingerprint density at radius 1 is 1.14 bits per heavy atom. The van der Waals surface area contributed by atoms with E-state index < -0.39 is 5.97 Å². The second kappa shape index (κ2) is 10.7. The first-order valence-electron chi connectivity index (χ1n) is 12.0. The number of imidazole rings is 1. The molecule has 0 fully saturated rings. The number of pyridine rings is 1. The largest absolute Gasteiger partial charge is 0.495 e. The molecule has 182 valence electrons. The highest BCUT2D eigenvalue weighted by atomic mass is 16.5. The topological polar surface area (TPSA) is 115 Å². The number of oxazole rings is 1. The lowest BCUT2D eigenvalue weighted by Crippen LogP contribution is -2.20. The third kappa shape index (κ3) is 5.35. The van der Waals surface area contributed by atoms with Crippen molar-refractivity contribution >= 4 is 17.0 Å². The molecule has 0 saturated heterocycles. The Kier molecular flexibility index (Phi) is 7.04. The Bertz CT molecular complexity index is 1310. The summed E-state index contributed by atoms with van der Waals surface area (Å²) in [5, 5.41) is 3.39. The molecule has 35 heavy (non-hydrogen) atoms. The minimum atomic E-state index is -0.562.